The Morgan fingerprint density at radius 1 is 0.892 bits per heavy atom. The van der Waals surface area contributed by atoms with Crippen molar-refractivity contribution in [2.75, 3.05) is 31.5 Å². The smallest absolute Gasteiger partial charge is 0.198 e. The molecule has 5 heteroatoms. The van der Waals surface area contributed by atoms with E-state index in [-0.39, 0.29) is 11.8 Å². The molecule has 2 heterocycles. The van der Waals surface area contributed by atoms with Gasteiger partial charge in [-0.05, 0) is 87.4 Å². The number of aromatic hydroxyl groups is 1. The Morgan fingerprint density at radius 3 is 2.27 bits per heavy atom. The lowest BCUT2D eigenvalue weighted by atomic mass is 10.0. The average Bonchev–Trinajstić information content (AvgIpc) is 3.49. The number of benzene rings is 3. The number of nitrogens with zero attached hydrogens (tertiary/aromatic N) is 3. The van der Waals surface area contributed by atoms with Crippen LogP contribution in [0.2, 0.25) is 0 Å². The highest BCUT2D eigenvalue weighted by molar-refractivity contribution is 5.96. The normalized spacial score (nSPS) is 18.2. The molecule has 1 atom stereocenters. The zero-order valence-electron chi connectivity index (χ0n) is 22.0. The van der Waals surface area contributed by atoms with E-state index in [0.29, 0.717) is 11.7 Å². The van der Waals surface area contributed by atoms with E-state index in [2.05, 4.69) is 64.5 Å². The second kappa shape index (κ2) is 12.3. The maximum absolute atomic E-state index is 10.8. The number of likely N-dealkylation sites (tertiary alicyclic amines) is 2. The summed E-state index contributed by atoms with van der Waals surface area (Å²) in [5.41, 5.74) is 4.26. The van der Waals surface area contributed by atoms with Crippen LogP contribution in [0, 0.1) is 0 Å². The first-order valence-electron chi connectivity index (χ1n) is 13.9. The second-order valence-corrected chi connectivity index (χ2v) is 10.5. The maximum Gasteiger partial charge on any atom is 0.198 e. The number of aryl methyl sites for hydroxylation is 1. The van der Waals surface area contributed by atoms with Gasteiger partial charge < -0.3 is 20.2 Å². The summed E-state index contributed by atoms with van der Waals surface area (Å²) in [7, 11) is 0. The highest BCUT2D eigenvalue weighted by Crippen LogP contribution is 2.31. The fraction of sp³-hybridized carbons (Fsp3) is 0.406. The van der Waals surface area contributed by atoms with Crippen molar-refractivity contribution in [1.82, 2.24) is 9.80 Å². The van der Waals surface area contributed by atoms with Gasteiger partial charge in [0.25, 0.3) is 0 Å². The fourth-order valence-corrected chi connectivity index (χ4v) is 5.60. The third-order valence-electron chi connectivity index (χ3n) is 7.81. The number of nitrogens with one attached hydrogen (secondary N) is 1. The molecule has 2 saturated heterocycles. The SMILES string of the molecule is CC(CCc1ccccc1)N=C(Nc1cc(-c2ccccc2)ccc1O)N1CCC(N2CCCC2)CC1. The first-order valence-corrected chi connectivity index (χ1v) is 13.9. The van der Waals surface area contributed by atoms with E-state index >= 15 is 0 Å². The summed E-state index contributed by atoms with van der Waals surface area (Å²) < 4.78 is 0. The number of anilines is 1. The molecule has 0 aliphatic carbocycles. The number of aliphatic imine (C=N–C) groups is 1. The van der Waals surface area contributed by atoms with Gasteiger partial charge in [-0.1, -0.05) is 66.7 Å². The number of rotatable bonds is 7. The molecule has 0 saturated carbocycles. The van der Waals surface area contributed by atoms with Crippen LogP contribution in [0.4, 0.5) is 5.69 Å². The van der Waals surface area contributed by atoms with Crippen LogP contribution in [-0.2, 0) is 6.42 Å². The molecule has 0 spiro atoms. The lowest BCUT2D eigenvalue weighted by Gasteiger charge is -2.38. The van der Waals surface area contributed by atoms with Crippen molar-refractivity contribution in [2.24, 2.45) is 4.99 Å². The molecule has 1 unspecified atom stereocenters. The molecule has 0 aromatic heterocycles. The molecule has 2 fully saturated rings. The van der Waals surface area contributed by atoms with Gasteiger partial charge in [-0.15, -0.1) is 0 Å². The van der Waals surface area contributed by atoms with Crippen molar-refractivity contribution in [3.8, 4) is 16.9 Å². The molecule has 194 valence electrons. The molecule has 2 aliphatic rings. The van der Waals surface area contributed by atoms with Crippen LogP contribution in [0.1, 0.15) is 44.6 Å². The molecule has 0 amide bonds. The number of hydrogen-bond donors (Lipinski definition) is 2. The molecular formula is C32H40N4O. The van der Waals surface area contributed by atoms with Crippen molar-refractivity contribution in [2.45, 2.75) is 57.5 Å². The Labute approximate surface area is 221 Å². The van der Waals surface area contributed by atoms with Crippen molar-refractivity contribution < 1.29 is 5.11 Å². The summed E-state index contributed by atoms with van der Waals surface area (Å²) in [4.78, 5) is 10.3. The average molecular weight is 497 g/mol. The predicted octanol–water partition coefficient (Wildman–Crippen LogP) is 6.41. The zero-order valence-corrected chi connectivity index (χ0v) is 22.0. The van der Waals surface area contributed by atoms with Crippen LogP contribution >= 0.6 is 0 Å². The Kier molecular flexibility index (Phi) is 8.42. The summed E-state index contributed by atoms with van der Waals surface area (Å²) in [6.45, 7) is 6.66. The summed E-state index contributed by atoms with van der Waals surface area (Å²) in [6, 6.07) is 27.6. The van der Waals surface area contributed by atoms with Gasteiger partial charge in [0.15, 0.2) is 5.96 Å². The van der Waals surface area contributed by atoms with Gasteiger partial charge in [0.05, 0.1) is 11.7 Å². The van der Waals surface area contributed by atoms with Crippen LogP contribution in [-0.4, -0.2) is 59.1 Å². The monoisotopic (exact) mass is 496 g/mol. The van der Waals surface area contributed by atoms with Gasteiger partial charge in [-0.3, -0.25) is 0 Å². The Bertz CT molecular complexity index is 1150. The van der Waals surface area contributed by atoms with Crippen LogP contribution in [0.15, 0.2) is 83.9 Å². The van der Waals surface area contributed by atoms with Gasteiger partial charge in [0, 0.05) is 19.1 Å². The quantitative estimate of drug-likeness (QED) is 0.225. The summed E-state index contributed by atoms with van der Waals surface area (Å²) in [5, 5.41) is 14.3. The first kappa shape index (κ1) is 25.3. The Hall–Kier alpha value is -3.31. The van der Waals surface area contributed by atoms with E-state index in [1.807, 2.05) is 30.3 Å². The fourth-order valence-electron chi connectivity index (χ4n) is 5.60. The van der Waals surface area contributed by atoms with E-state index in [0.717, 1.165) is 55.9 Å². The number of phenols is 1. The van der Waals surface area contributed by atoms with Crippen LogP contribution in [0.5, 0.6) is 5.75 Å². The van der Waals surface area contributed by atoms with Gasteiger partial charge in [-0.2, -0.15) is 0 Å². The largest absolute Gasteiger partial charge is 0.506 e. The number of guanidine groups is 1. The maximum atomic E-state index is 10.8. The van der Waals surface area contributed by atoms with Crippen LogP contribution in [0.3, 0.4) is 0 Å². The lowest BCUT2D eigenvalue weighted by Crippen LogP contribution is -2.48. The Balaban J connectivity index is 1.34. The first-order chi connectivity index (χ1) is 18.2. The molecule has 3 aromatic rings. The number of piperidine rings is 1. The van der Waals surface area contributed by atoms with Crippen LogP contribution in [0.25, 0.3) is 11.1 Å². The second-order valence-electron chi connectivity index (χ2n) is 10.5. The molecule has 2 N–H and O–H groups in total. The summed E-state index contributed by atoms with van der Waals surface area (Å²) in [6.07, 6.45) is 6.99. The van der Waals surface area contributed by atoms with E-state index in [9.17, 15) is 5.11 Å². The number of hydrogen-bond acceptors (Lipinski definition) is 3. The van der Waals surface area contributed by atoms with E-state index in [1.165, 1.54) is 31.5 Å². The summed E-state index contributed by atoms with van der Waals surface area (Å²) >= 11 is 0. The standard InChI is InChI=1S/C32H40N4O/c1-25(14-15-26-10-4-2-5-11-26)33-32(36-22-18-29(19-23-36)35-20-8-9-21-35)34-30-24-28(16-17-31(30)37)27-12-6-3-7-13-27/h2-7,10-13,16-17,24-25,29,37H,8-9,14-15,18-23H2,1H3,(H,33,34). The third kappa shape index (κ3) is 6.72. The van der Waals surface area contributed by atoms with Gasteiger partial charge >= 0.3 is 0 Å². The van der Waals surface area contributed by atoms with E-state index < -0.39 is 0 Å². The van der Waals surface area contributed by atoms with Crippen molar-refractivity contribution in [3.63, 3.8) is 0 Å². The van der Waals surface area contributed by atoms with Gasteiger partial charge in [-0.25, -0.2) is 4.99 Å². The predicted molar refractivity (Wildman–Crippen MR) is 154 cm³/mol. The Morgan fingerprint density at radius 2 is 1.57 bits per heavy atom. The topological polar surface area (TPSA) is 51.1 Å². The highest BCUT2D eigenvalue weighted by atomic mass is 16.3. The van der Waals surface area contributed by atoms with Crippen molar-refractivity contribution >= 4 is 11.6 Å². The van der Waals surface area contributed by atoms with E-state index in [1.54, 1.807) is 6.07 Å². The molecule has 2 aliphatic heterocycles. The zero-order chi connectivity index (χ0) is 25.5. The molecule has 0 bridgehead atoms. The molecule has 5 nitrogen and oxygen atoms in total. The third-order valence-corrected chi connectivity index (χ3v) is 7.81. The highest BCUT2D eigenvalue weighted by Gasteiger charge is 2.28. The lowest BCUT2D eigenvalue weighted by molar-refractivity contribution is 0.163. The van der Waals surface area contributed by atoms with Crippen LogP contribution < -0.4 is 5.32 Å². The van der Waals surface area contributed by atoms with Crippen molar-refractivity contribution in [3.05, 3.63) is 84.4 Å². The molecule has 5 rings (SSSR count). The minimum Gasteiger partial charge on any atom is -0.506 e. The summed E-state index contributed by atoms with van der Waals surface area (Å²) in [5.74, 6) is 1.12. The minimum absolute atomic E-state index is 0.165. The van der Waals surface area contributed by atoms with Gasteiger partial charge in [0.2, 0.25) is 0 Å². The van der Waals surface area contributed by atoms with Crippen molar-refractivity contribution in [1.29, 1.82) is 0 Å². The molecule has 37 heavy (non-hydrogen) atoms. The minimum atomic E-state index is 0.165. The number of phenolic OH excluding ortho intramolecular Hbond substituents is 1. The molecular weight excluding hydrogens is 456 g/mol. The molecule has 0 radical (unpaired) electrons. The van der Waals surface area contributed by atoms with E-state index in [4.69, 9.17) is 4.99 Å². The molecule has 3 aromatic carbocycles. The van der Waals surface area contributed by atoms with Gasteiger partial charge in [0.1, 0.15) is 5.75 Å².